The van der Waals surface area contributed by atoms with Crippen LogP contribution in [0.2, 0.25) is 0 Å². The van der Waals surface area contributed by atoms with Crippen molar-refractivity contribution in [2.75, 3.05) is 16.9 Å². The van der Waals surface area contributed by atoms with E-state index in [0.717, 1.165) is 18.3 Å². The van der Waals surface area contributed by atoms with Gasteiger partial charge in [0.1, 0.15) is 6.67 Å². The Hall–Kier alpha value is -2.29. The second-order valence-electron chi connectivity index (χ2n) is 4.24. The first kappa shape index (κ1) is 8.82. The summed E-state index contributed by atoms with van der Waals surface area (Å²) in [5.74, 6) is 0.947. The van der Waals surface area contributed by atoms with Crippen molar-refractivity contribution in [2.24, 2.45) is 4.99 Å². The van der Waals surface area contributed by atoms with Gasteiger partial charge in [0.15, 0.2) is 0 Å². The Bertz CT molecular complexity index is 631. The molecule has 3 heteroatoms. The molecule has 4 rings (SSSR count). The zero-order valence-corrected chi connectivity index (χ0v) is 9.22. The molecule has 0 amide bonds. The number of fused-ring (bicyclic) bond motifs is 5. The van der Waals surface area contributed by atoms with E-state index in [4.69, 9.17) is 0 Å². The summed E-state index contributed by atoms with van der Waals surface area (Å²) in [6.45, 7) is 0.743. The van der Waals surface area contributed by atoms with Gasteiger partial charge in [-0.2, -0.15) is 0 Å². The van der Waals surface area contributed by atoms with Gasteiger partial charge in [0.25, 0.3) is 0 Å². The maximum Gasteiger partial charge on any atom is 0.206 e. The summed E-state index contributed by atoms with van der Waals surface area (Å²) in [5.41, 5.74) is 4.86. The van der Waals surface area contributed by atoms with E-state index in [1.54, 1.807) is 0 Å². The lowest BCUT2D eigenvalue weighted by molar-refractivity contribution is 0.921. The quantitative estimate of drug-likeness (QED) is 0.740. The number of aliphatic imine (C=N–C) groups is 1. The predicted molar refractivity (Wildman–Crippen MR) is 70.3 cm³/mol. The first-order valence-corrected chi connectivity index (χ1v) is 5.71. The number of nitrogens with zero attached hydrogens (tertiary/aromatic N) is 2. The second kappa shape index (κ2) is 3.10. The Morgan fingerprint density at radius 1 is 0.941 bits per heavy atom. The average Bonchev–Trinajstić information content (AvgIpc) is 2.44. The molecule has 82 valence electrons. The first-order chi connectivity index (χ1) is 8.43. The summed E-state index contributed by atoms with van der Waals surface area (Å²) in [5, 5.41) is 3.38. The van der Waals surface area contributed by atoms with Crippen molar-refractivity contribution in [2.45, 2.75) is 0 Å². The predicted octanol–water partition coefficient (Wildman–Crippen LogP) is 2.91. The molecule has 0 fully saturated rings. The SMILES string of the molecule is c1ccc2c(c1)NC1=NCN1c1ccccc1-2. The molecular weight excluding hydrogens is 210 g/mol. The lowest BCUT2D eigenvalue weighted by atomic mass is 10.0. The van der Waals surface area contributed by atoms with Crippen LogP contribution in [0, 0.1) is 0 Å². The molecule has 0 saturated heterocycles. The minimum absolute atomic E-state index is 0.743. The molecule has 0 radical (unpaired) electrons. The lowest BCUT2D eigenvalue weighted by Gasteiger charge is -2.31. The first-order valence-electron chi connectivity index (χ1n) is 5.71. The molecule has 2 heterocycles. The van der Waals surface area contributed by atoms with Crippen molar-refractivity contribution in [3.63, 3.8) is 0 Å². The molecule has 2 aliphatic rings. The van der Waals surface area contributed by atoms with E-state index in [2.05, 4.69) is 57.7 Å². The highest BCUT2D eigenvalue weighted by molar-refractivity contribution is 6.15. The Kier molecular flexibility index (Phi) is 1.61. The van der Waals surface area contributed by atoms with Crippen LogP contribution < -0.4 is 10.2 Å². The molecule has 0 aliphatic carbocycles. The Balaban J connectivity index is 2.06. The number of nitrogens with one attached hydrogen (secondary N) is 1. The fraction of sp³-hybridized carbons (Fsp3) is 0.0714. The third kappa shape index (κ3) is 1.13. The number of para-hydroxylation sites is 2. The Morgan fingerprint density at radius 3 is 2.53 bits per heavy atom. The summed E-state index contributed by atoms with van der Waals surface area (Å²) in [4.78, 5) is 6.58. The van der Waals surface area contributed by atoms with Crippen LogP contribution in [-0.4, -0.2) is 12.6 Å². The van der Waals surface area contributed by atoms with E-state index in [1.807, 2.05) is 6.07 Å². The molecule has 3 nitrogen and oxygen atoms in total. The van der Waals surface area contributed by atoms with Crippen molar-refractivity contribution in [3.05, 3.63) is 48.5 Å². The second-order valence-corrected chi connectivity index (χ2v) is 4.24. The van der Waals surface area contributed by atoms with Crippen LogP contribution in [0.4, 0.5) is 11.4 Å². The van der Waals surface area contributed by atoms with Crippen LogP contribution in [-0.2, 0) is 0 Å². The molecule has 0 unspecified atom stereocenters. The summed E-state index contributed by atoms with van der Waals surface area (Å²) in [7, 11) is 0. The highest BCUT2D eigenvalue weighted by Gasteiger charge is 2.27. The fourth-order valence-electron chi connectivity index (χ4n) is 2.39. The van der Waals surface area contributed by atoms with Crippen molar-refractivity contribution >= 4 is 17.3 Å². The molecule has 0 saturated carbocycles. The van der Waals surface area contributed by atoms with Crippen LogP contribution in [0.5, 0.6) is 0 Å². The van der Waals surface area contributed by atoms with Gasteiger partial charge in [-0.3, -0.25) is 4.90 Å². The molecular formula is C14H11N3. The van der Waals surface area contributed by atoms with Crippen LogP contribution in [0.25, 0.3) is 11.1 Å². The largest absolute Gasteiger partial charge is 0.325 e. The molecule has 0 aromatic heterocycles. The van der Waals surface area contributed by atoms with Gasteiger partial charge in [-0.1, -0.05) is 36.4 Å². The van der Waals surface area contributed by atoms with Crippen LogP contribution >= 0.6 is 0 Å². The molecule has 2 aromatic rings. The Labute approximate surface area is 99.4 Å². The van der Waals surface area contributed by atoms with Gasteiger partial charge >= 0.3 is 0 Å². The van der Waals surface area contributed by atoms with Gasteiger partial charge in [0.05, 0.1) is 5.69 Å². The van der Waals surface area contributed by atoms with Gasteiger partial charge in [-0.05, 0) is 12.1 Å². The number of anilines is 2. The Morgan fingerprint density at radius 2 is 1.71 bits per heavy atom. The van der Waals surface area contributed by atoms with E-state index < -0.39 is 0 Å². The van der Waals surface area contributed by atoms with Crippen molar-refractivity contribution in [1.82, 2.24) is 0 Å². The summed E-state index contributed by atoms with van der Waals surface area (Å²) in [6.07, 6.45) is 0. The van der Waals surface area contributed by atoms with Gasteiger partial charge in [-0.15, -0.1) is 0 Å². The van der Waals surface area contributed by atoms with E-state index in [1.165, 1.54) is 16.8 Å². The zero-order chi connectivity index (χ0) is 11.2. The number of hydrogen-bond acceptors (Lipinski definition) is 3. The molecule has 0 spiro atoms. The molecule has 2 aromatic carbocycles. The van der Waals surface area contributed by atoms with Gasteiger partial charge in [0.2, 0.25) is 5.96 Å². The maximum absolute atomic E-state index is 4.38. The highest BCUT2D eigenvalue weighted by atomic mass is 15.4. The molecule has 17 heavy (non-hydrogen) atoms. The zero-order valence-electron chi connectivity index (χ0n) is 9.22. The van der Waals surface area contributed by atoms with Crippen LogP contribution in [0.3, 0.4) is 0 Å². The summed E-state index contributed by atoms with van der Waals surface area (Å²) in [6, 6.07) is 16.8. The third-order valence-electron chi connectivity index (χ3n) is 3.28. The van der Waals surface area contributed by atoms with Crippen molar-refractivity contribution in [1.29, 1.82) is 0 Å². The minimum atomic E-state index is 0.743. The normalized spacial score (nSPS) is 15.5. The monoisotopic (exact) mass is 221 g/mol. The van der Waals surface area contributed by atoms with Crippen LogP contribution in [0.15, 0.2) is 53.5 Å². The number of benzene rings is 2. The van der Waals surface area contributed by atoms with Gasteiger partial charge < -0.3 is 5.32 Å². The molecule has 2 aliphatic heterocycles. The average molecular weight is 221 g/mol. The maximum atomic E-state index is 4.38. The summed E-state index contributed by atoms with van der Waals surface area (Å²) < 4.78 is 0. The highest BCUT2D eigenvalue weighted by Crippen LogP contribution is 2.39. The fourth-order valence-corrected chi connectivity index (χ4v) is 2.39. The minimum Gasteiger partial charge on any atom is -0.325 e. The number of rotatable bonds is 0. The topological polar surface area (TPSA) is 27.6 Å². The summed E-state index contributed by atoms with van der Waals surface area (Å²) >= 11 is 0. The van der Waals surface area contributed by atoms with Crippen LogP contribution in [0.1, 0.15) is 0 Å². The molecule has 0 atom stereocenters. The standard InChI is InChI=1S/C14H11N3/c1-3-7-12-10(5-1)11-6-2-4-8-13(11)17-9-15-14(17)16-12/h1-8H,9H2,(H,15,16). The smallest absolute Gasteiger partial charge is 0.206 e. The van der Waals surface area contributed by atoms with Gasteiger partial charge in [0, 0.05) is 16.8 Å². The van der Waals surface area contributed by atoms with Crippen molar-refractivity contribution < 1.29 is 0 Å². The van der Waals surface area contributed by atoms with Gasteiger partial charge in [-0.25, -0.2) is 4.99 Å². The molecule has 1 N–H and O–H groups in total. The van der Waals surface area contributed by atoms with E-state index in [0.29, 0.717) is 0 Å². The lowest BCUT2D eigenvalue weighted by Crippen LogP contribution is -2.44. The van der Waals surface area contributed by atoms with E-state index in [9.17, 15) is 0 Å². The van der Waals surface area contributed by atoms with E-state index in [-0.39, 0.29) is 0 Å². The number of hydrogen-bond donors (Lipinski definition) is 1. The molecule has 0 bridgehead atoms. The third-order valence-corrected chi connectivity index (χ3v) is 3.28. The number of guanidine groups is 1. The van der Waals surface area contributed by atoms with E-state index >= 15 is 0 Å². The van der Waals surface area contributed by atoms with Crippen molar-refractivity contribution in [3.8, 4) is 11.1 Å².